The first kappa shape index (κ1) is 25.6. The fraction of sp³-hybridized carbons (Fsp3) is 0.417. The van der Waals surface area contributed by atoms with Crippen molar-refractivity contribution in [3.05, 3.63) is 58.4 Å². The summed E-state index contributed by atoms with van der Waals surface area (Å²) < 4.78 is 27.2. The van der Waals surface area contributed by atoms with Crippen LogP contribution in [-0.2, 0) is 10.0 Å². The van der Waals surface area contributed by atoms with Gasteiger partial charge >= 0.3 is 6.03 Å². The number of anilines is 1. The molecule has 2 amide bonds. The lowest BCUT2D eigenvalue weighted by Crippen LogP contribution is -2.38. The third-order valence-electron chi connectivity index (χ3n) is 6.33. The highest BCUT2D eigenvalue weighted by atomic mass is 35.5. The molecule has 1 aromatic heterocycles. The van der Waals surface area contributed by atoms with Gasteiger partial charge in [-0.05, 0) is 61.6 Å². The summed E-state index contributed by atoms with van der Waals surface area (Å²) in [5.41, 5.74) is 3.05. The summed E-state index contributed by atoms with van der Waals surface area (Å²) in [6.45, 7) is 3.22. The van der Waals surface area contributed by atoms with Crippen LogP contribution in [0.15, 0.2) is 41.4 Å². The van der Waals surface area contributed by atoms with Crippen molar-refractivity contribution in [1.29, 1.82) is 0 Å². The van der Waals surface area contributed by atoms with Gasteiger partial charge in [0.25, 0.3) is 0 Å². The number of aromatic nitrogens is 1. The van der Waals surface area contributed by atoms with Gasteiger partial charge in [-0.25, -0.2) is 13.2 Å². The zero-order valence-electron chi connectivity index (χ0n) is 19.4. The monoisotopic (exact) mass is 520 g/mol. The topological polar surface area (TPSA) is 123 Å². The second kappa shape index (κ2) is 10.6. The van der Waals surface area contributed by atoms with Gasteiger partial charge in [-0.1, -0.05) is 17.7 Å². The number of benzene rings is 1. The summed E-state index contributed by atoms with van der Waals surface area (Å²) in [6.07, 6.45) is 4.63. The van der Waals surface area contributed by atoms with Crippen LogP contribution < -0.4 is 5.32 Å². The van der Waals surface area contributed by atoms with Gasteiger partial charge in [-0.15, -0.1) is 0 Å². The predicted molar refractivity (Wildman–Crippen MR) is 134 cm³/mol. The molecule has 3 heterocycles. The number of rotatable bonds is 6. The molecule has 35 heavy (non-hydrogen) atoms. The standard InChI is InChI=1S/C24H29ClN4O5S/c1-16-12-19(4-5-22(16)35(33,34)29-8-2-3-9-29)27-24(32)28-10-6-17(7-11-28)23-20(25)13-18(14-26-23)21(31)15-30/h4-6,12-14,21,30-31H,2-3,7-11,15H2,1H3,(H,27,32)/t21-/m0/s1. The smallest absolute Gasteiger partial charge is 0.322 e. The van der Waals surface area contributed by atoms with Crippen molar-refractivity contribution >= 4 is 38.9 Å². The first-order chi connectivity index (χ1) is 16.7. The predicted octanol–water partition coefficient (Wildman–Crippen LogP) is 3.17. The van der Waals surface area contributed by atoms with Crippen LogP contribution in [0.1, 0.15) is 42.2 Å². The van der Waals surface area contributed by atoms with E-state index < -0.39 is 22.7 Å². The van der Waals surface area contributed by atoms with E-state index in [1.54, 1.807) is 36.1 Å². The first-order valence-corrected chi connectivity index (χ1v) is 13.3. The highest BCUT2D eigenvalue weighted by Crippen LogP contribution is 2.30. The minimum absolute atomic E-state index is 0.268. The minimum Gasteiger partial charge on any atom is -0.393 e. The molecule has 0 radical (unpaired) electrons. The van der Waals surface area contributed by atoms with Crippen LogP contribution >= 0.6 is 11.6 Å². The molecule has 0 aliphatic carbocycles. The van der Waals surface area contributed by atoms with Gasteiger partial charge in [0.1, 0.15) is 6.10 Å². The quantitative estimate of drug-likeness (QED) is 0.537. The Morgan fingerprint density at radius 1 is 1.23 bits per heavy atom. The van der Waals surface area contributed by atoms with Gasteiger partial charge in [0, 0.05) is 43.6 Å². The van der Waals surface area contributed by atoms with E-state index in [1.807, 2.05) is 6.08 Å². The fourth-order valence-electron chi connectivity index (χ4n) is 4.33. The number of halogens is 1. The van der Waals surface area contributed by atoms with Crippen LogP contribution in [-0.4, -0.2) is 71.6 Å². The molecule has 11 heteroatoms. The summed E-state index contributed by atoms with van der Waals surface area (Å²) in [7, 11) is -3.52. The van der Waals surface area contributed by atoms with E-state index in [-0.39, 0.29) is 10.9 Å². The summed E-state index contributed by atoms with van der Waals surface area (Å²) >= 11 is 6.34. The van der Waals surface area contributed by atoms with Crippen molar-refractivity contribution in [2.24, 2.45) is 0 Å². The Bertz CT molecular complexity index is 1240. The largest absolute Gasteiger partial charge is 0.393 e. The molecule has 9 nitrogen and oxygen atoms in total. The number of amides is 2. The molecule has 0 unspecified atom stereocenters. The molecule has 0 bridgehead atoms. The van der Waals surface area contributed by atoms with E-state index in [4.69, 9.17) is 16.7 Å². The van der Waals surface area contributed by atoms with Crippen molar-refractivity contribution in [3.8, 4) is 0 Å². The van der Waals surface area contributed by atoms with Crippen LogP contribution in [0.4, 0.5) is 10.5 Å². The molecule has 3 N–H and O–H groups in total. The average molecular weight is 521 g/mol. The number of nitrogens with zero attached hydrogens (tertiary/aromatic N) is 3. The third-order valence-corrected chi connectivity index (χ3v) is 8.68. The number of aliphatic hydroxyl groups excluding tert-OH is 2. The Kier molecular flexibility index (Phi) is 7.77. The SMILES string of the molecule is Cc1cc(NC(=O)N2CC=C(c3ncc([C@@H](O)CO)cc3Cl)CC2)ccc1S(=O)(=O)N1CCCC1. The van der Waals surface area contributed by atoms with E-state index in [2.05, 4.69) is 10.3 Å². The molecular weight excluding hydrogens is 492 g/mol. The summed E-state index contributed by atoms with van der Waals surface area (Å²) in [6, 6.07) is 6.15. The second-order valence-corrected chi connectivity index (χ2v) is 11.1. The number of urea groups is 1. The Morgan fingerprint density at radius 3 is 2.57 bits per heavy atom. The molecule has 1 aromatic carbocycles. The van der Waals surface area contributed by atoms with Crippen molar-refractivity contribution < 1.29 is 23.4 Å². The van der Waals surface area contributed by atoms with Crippen molar-refractivity contribution in [1.82, 2.24) is 14.2 Å². The number of hydrogen-bond acceptors (Lipinski definition) is 6. The van der Waals surface area contributed by atoms with Crippen LogP contribution in [0, 0.1) is 6.92 Å². The normalized spacial score (nSPS) is 17.8. The number of nitrogens with one attached hydrogen (secondary N) is 1. The fourth-order valence-corrected chi connectivity index (χ4v) is 6.35. The maximum absolute atomic E-state index is 12.9. The van der Waals surface area contributed by atoms with Gasteiger partial charge in [-0.3, -0.25) is 4.98 Å². The number of carbonyl (C=O) groups excluding carboxylic acids is 1. The first-order valence-electron chi connectivity index (χ1n) is 11.5. The van der Waals surface area contributed by atoms with Crippen LogP contribution in [0.2, 0.25) is 5.02 Å². The molecule has 1 atom stereocenters. The van der Waals surface area contributed by atoms with Gasteiger partial charge in [0.05, 0.1) is 22.2 Å². The number of aliphatic hydroxyl groups is 2. The van der Waals surface area contributed by atoms with Crippen molar-refractivity contribution in [3.63, 3.8) is 0 Å². The van der Waals surface area contributed by atoms with Crippen molar-refractivity contribution in [2.45, 2.75) is 37.2 Å². The second-order valence-electron chi connectivity index (χ2n) is 8.74. The average Bonchev–Trinajstić information content (AvgIpc) is 3.39. The minimum atomic E-state index is -3.52. The van der Waals surface area contributed by atoms with Gasteiger partial charge in [0.2, 0.25) is 10.0 Å². The molecule has 0 saturated carbocycles. The van der Waals surface area contributed by atoms with E-state index in [0.717, 1.165) is 18.4 Å². The van der Waals surface area contributed by atoms with E-state index >= 15 is 0 Å². The molecule has 4 rings (SSSR count). The van der Waals surface area contributed by atoms with E-state index in [0.29, 0.717) is 60.1 Å². The van der Waals surface area contributed by atoms with Crippen LogP contribution in [0.5, 0.6) is 0 Å². The zero-order chi connectivity index (χ0) is 25.2. The number of carbonyl (C=O) groups is 1. The molecule has 2 aliphatic rings. The van der Waals surface area contributed by atoms with Gasteiger partial charge in [-0.2, -0.15) is 4.31 Å². The Balaban J connectivity index is 1.41. The highest BCUT2D eigenvalue weighted by molar-refractivity contribution is 7.89. The Labute approximate surface area is 210 Å². The summed E-state index contributed by atoms with van der Waals surface area (Å²) in [5, 5.41) is 22.1. The lowest BCUT2D eigenvalue weighted by molar-refractivity contribution is 0.0953. The third kappa shape index (κ3) is 5.52. The summed E-state index contributed by atoms with van der Waals surface area (Å²) in [5.74, 6) is 0. The molecule has 0 spiro atoms. The molecule has 1 fully saturated rings. The molecule has 2 aromatic rings. The molecule has 2 aliphatic heterocycles. The van der Waals surface area contributed by atoms with E-state index in [1.165, 1.54) is 10.5 Å². The number of hydrogen-bond donors (Lipinski definition) is 3. The Hall–Kier alpha value is -2.50. The molecule has 188 valence electrons. The Morgan fingerprint density at radius 2 is 1.97 bits per heavy atom. The maximum Gasteiger partial charge on any atom is 0.322 e. The lowest BCUT2D eigenvalue weighted by Gasteiger charge is -2.27. The maximum atomic E-state index is 12.9. The highest BCUT2D eigenvalue weighted by Gasteiger charge is 2.28. The number of pyridine rings is 1. The van der Waals surface area contributed by atoms with Gasteiger partial charge in [0.15, 0.2) is 0 Å². The van der Waals surface area contributed by atoms with Crippen molar-refractivity contribution in [2.75, 3.05) is 38.1 Å². The summed E-state index contributed by atoms with van der Waals surface area (Å²) in [4.78, 5) is 19.0. The van der Waals surface area contributed by atoms with Crippen LogP contribution in [0.3, 0.4) is 0 Å². The number of aryl methyl sites for hydroxylation is 1. The lowest BCUT2D eigenvalue weighted by atomic mass is 10.0. The zero-order valence-corrected chi connectivity index (χ0v) is 21.0. The van der Waals surface area contributed by atoms with E-state index in [9.17, 15) is 18.3 Å². The van der Waals surface area contributed by atoms with Gasteiger partial charge < -0.3 is 20.4 Å². The van der Waals surface area contributed by atoms with Crippen LogP contribution in [0.25, 0.3) is 5.57 Å². The number of sulfonamides is 1. The molecular formula is C24H29ClN4O5S. The molecule has 1 saturated heterocycles.